The summed E-state index contributed by atoms with van der Waals surface area (Å²) in [5, 5.41) is 8.52. The van der Waals surface area contributed by atoms with E-state index in [0.29, 0.717) is 17.4 Å². The number of anilines is 2. The van der Waals surface area contributed by atoms with Crippen LogP contribution in [0.3, 0.4) is 0 Å². The molecule has 0 aliphatic heterocycles. The van der Waals surface area contributed by atoms with E-state index in [1.807, 2.05) is 35.7 Å². The lowest BCUT2D eigenvalue weighted by molar-refractivity contribution is -0.120. The number of nitrogens with zero attached hydrogens (tertiary/aromatic N) is 1. The molecule has 2 N–H and O–H groups in total. The fraction of sp³-hybridized carbons (Fsp3) is 0.200. The maximum Gasteiger partial charge on any atom is 0.226 e. The fourth-order valence-electron chi connectivity index (χ4n) is 2.57. The Morgan fingerprint density at radius 2 is 1.79 bits per heavy atom. The van der Waals surface area contributed by atoms with Gasteiger partial charge in [0, 0.05) is 23.9 Å². The van der Waals surface area contributed by atoms with Gasteiger partial charge in [-0.05, 0) is 36.2 Å². The first-order valence-corrected chi connectivity index (χ1v) is 11.5. The Balaban J connectivity index is 1.49. The summed E-state index contributed by atoms with van der Waals surface area (Å²) in [6, 6.07) is 16.5. The van der Waals surface area contributed by atoms with Gasteiger partial charge in [-0.2, -0.15) is 0 Å². The number of rotatable bonds is 8. The summed E-state index contributed by atoms with van der Waals surface area (Å²) in [5.41, 5.74) is 2.61. The number of amides is 1. The molecule has 28 heavy (non-hydrogen) atoms. The number of sulfone groups is 1. The SMILES string of the molecule is CS(=O)(=O)c1ccc(Nc2nc(CC(=O)NCCc3ccccc3)cs2)cc1. The molecule has 0 saturated heterocycles. The molecule has 0 aliphatic carbocycles. The zero-order valence-corrected chi connectivity index (χ0v) is 17.0. The molecule has 0 bridgehead atoms. The second kappa shape index (κ2) is 8.99. The van der Waals surface area contributed by atoms with E-state index >= 15 is 0 Å². The summed E-state index contributed by atoms with van der Waals surface area (Å²) in [6.07, 6.45) is 2.19. The summed E-state index contributed by atoms with van der Waals surface area (Å²) in [5.74, 6) is -0.0645. The normalized spacial score (nSPS) is 11.2. The number of hydrogen-bond donors (Lipinski definition) is 2. The van der Waals surface area contributed by atoms with E-state index in [2.05, 4.69) is 15.6 Å². The van der Waals surface area contributed by atoms with Crippen molar-refractivity contribution in [2.45, 2.75) is 17.7 Å². The number of benzene rings is 2. The minimum Gasteiger partial charge on any atom is -0.355 e. The average Bonchev–Trinajstić information content (AvgIpc) is 3.09. The van der Waals surface area contributed by atoms with Gasteiger partial charge in [0.1, 0.15) is 0 Å². The Kier molecular flexibility index (Phi) is 6.43. The van der Waals surface area contributed by atoms with Crippen LogP contribution >= 0.6 is 11.3 Å². The Hall–Kier alpha value is -2.71. The summed E-state index contributed by atoms with van der Waals surface area (Å²) in [6.45, 7) is 0.588. The lowest BCUT2D eigenvalue weighted by Crippen LogP contribution is -2.27. The topological polar surface area (TPSA) is 88.2 Å². The summed E-state index contributed by atoms with van der Waals surface area (Å²) in [4.78, 5) is 16.8. The number of nitrogens with one attached hydrogen (secondary N) is 2. The van der Waals surface area contributed by atoms with Gasteiger partial charge >= 0.3 is 0 Å². The van der Waals surface area contributed by atoms with Gasteiger partial charge in [0.2, 0.25) is 5.91 Å². The Bertz CT molecular complexity index is 1030. The van der Waals surface area contributed by atoms with Crippen molar-refractivity contribution in [1.82, 2.24) is 10.3 Å². The van der Waals surface area contributed by atoms with Crippen molar-refractivity contribution < 1.29 is 13.2 Å². The first-order valence-electron chi connectivity index (χ1n) is 8.72. The highest BCUT2D eigenvalue weighted by Gasteiger charge is 2.09. The highest BCUT2D eigenvalue weighted by molar-refractivity contribution is 7.90. The molecule has 3 rings (SSSR count). The molecule has 0 saturated carbocycles. The van der Waals surface area contributed by atoms with E-state index in [1.54, 1.807) is 24.3 Å². The van der Waals surface area contributed by atoms with Crippen LogP contribution in [0.4, 0.5) is 10.8 Å². The Morgan fingerprint density at radius 1 is 1.07 bits per heavy atom. The van der Waals surface area contributed by atoms with Gasteiger partial charge in [-0.1, -0.05) is 30.3 Å². The third kappa shape index (κ3) is 5.90. The summed E-state index contributed by atoms with van der Waals surface area (Å²) in [7, 11) is -3.21. The molecule has 6 nitrogen and oxygen atoms in total. The minimum atomic E-state index is -3.21. The van der Waals surface area contributed by atoms with Crippen LogP contribution in [-0.2, 0) is 27.5 Å². The molecular weight excluding hydrogens is 394 g/mol. The molecule has 3 aromatic rings. The first kappa shape index (κ1) is 20.0. The number of hydrogen-bond acceptors (Lipinski definition) is 6. The van der Waals surface area contributed by atoms with Gasteiger partial charge < -0.3 is 10.6 Å². The fourth-order valence-corrected chi connectivity index (χ4v) is 3.93. The summed E-state index contributed by atoms with van der Waals surface area (Å²) >= 11 is 1.40. The van der Waals surface area contributed by atoms with Crippen molar-refractivity contribution in [1.29, 1.82) is 0 Å². The van der Waals surface area contributed by atoms with Crippen LogP contribution in [0.2, 0.25) is 0 Å². The van der Waals surface area contributed by atoms with Gasteiger partial charge in [-0.15, -0.1) is 11.3 Å². The molecule has 146 valence electrons. The number of carbonyl (C=O) groups is 1. The third-order valence-electron chi connectivity index (χ3n) is 4.01. The molecule has 0 aliphatic rings. The van der Waals surface area contributed by atoms with E-state index in [4.69, 9.17) is 0 Å². The largest absolute Gasteiger partial charge is 0.355 e. The van der Waals surface area contributed by atoms with E-state index < -0.39 is 9.84 Å². The number of aromatic nitrogens is 1. The quantitative estimate of drug-likeness (QED) is 0.590. The number of thiazole rings is 1. The zero-order chi connectivity index (χ0) is 20.0. The van der Waals surface area contributed by atoms with Gasteiger partial charge in [-0.3, -0.25) is 4.79 Å². The zero-order valence-electron chi connectivity index (χ0n) is 15.4. The maximum absolute atomic E-state index is 12.1. The van der Waals surface area contributed by atoms with Crippen molar-refractivity contribution in [3.05, 3.63) is 71.2 Å². The standard InChI is InChI=1S/C20H21N3O3S2/c1-28(25,26)18-9-7-16(8-10-18)22-20-23-17(14-27-20)13-19(24)21-12-11-15-5-3-2-4-6-15/h2-10,14H,11-13H2,1H3,(H,21,24)(H,22,23). The predicted octanol–water partition coefficient (Wildman–Crippen LogP) is 3.19. The highest BCUT2D eigenvalue weighted by atomic mass is 32.2. The second-order valence-electron chi connectivity index (χ2n) is 6.33. The lowest BCUT2D eigenvalue weighted by Gasteiger charge is -2.05. The first-order chi connectivity index (χ1) is 13.4. The predicted molar refractivity (Wildman–Crippen MR) is 112 cm³/mol. The molecule has 0 spiro atoms. The van der Waals surface area contributed by atoms with Gasteiger partial charge in [0.25, 0.3) is 0 Å². The van der Waals surface area contributed by atoms with Gasteiger partial charge in [0.05, 0.1) is 17.0 Å². The highest BCUT2D eigenvalue weighted by Crippen LogP contribution is 2.22. The second-order valence-corrected chi connectivity index (χ2v) is 9.20. The number of carbonyl (C=O) groups excluding carboxylic acids is 1. The van der Waals surface area contributed by atoms with E-state index in [1.165, 1.54) is 23.2 Å². The molecule has 0 unspecified atom stereocenters. The molecule has 0 atom stereocenters. The van der Waals surface area contributed by atoms with Crippen molar-refractivity contribution >= 4 is 37.9 Å². The minimum absolute atomic E-state index is 0.0645. The van der Waals surface area contributed by atoms with Gasteiger partial charge in [0.15, 0.2) is 15.0 Å². The molecule has 1 aromatic heterocycles. The molecular formula is C20H21N3O3S2. The molecule has 0 radical (unpaired) electrons. The average molecular weight is 416 g/mol. The van der Waals surface area contributed by atoms with Crippen LogP contribution in [0.5, 0.6) is 0 Å². The maximum atomic E-state index is 12.1. The smallest absolute Gasteiger partial charge is 0.226 e. The third-order valence-corrected chi connectivity index (χ3v) is 5.94. The Labute approximate surface area is 168 Å². The van der Waals surface area contributed by atoms with Gasteiger partial charge in [-0.25, -0.2) is 13.4 Å². The molecule has 1 amide bonds. The van der Waals surface area contributed by atoms with Crippen LogP contribution in [-0.4, -0.2) is 32.1 Å². The summed E-state index contributed by atoms with van der Waals surface area (Å²) < 4.78 is 23.0. The van der Waals surface area contributed by atoms with Crippen molar-refractivity contribution in [2.24, 2.45) is 0 Å². The van der Waals surface area contributed by atoms with Crippen molar-refractivity contribution in [2.75, 3.05) is 18.1 Å². The molecule has 2 aromatic carbocycles. The van der Waals surface area contributed by atoms with E-state index in [0.717, 1.165) is 12.1 Å². The van der Waals surface area contributed by atoms with E-state index in [9.17, 15) is 13.2 Å². The van der Waals surface area contributed by atoms with Crippen LogP contribution < -0.4 is 10.6 Å². The van der Waals surface area contributed by atoms with Crippen molar-refractivity contribution in [3.63, 3.8) is 0 Å². The van der Waals surface area contributed by atoms with Crippen LogP contribution in [0.25, 0.3) is 0 Å². The van der Waals surface area contributed by atoms with Crippen LogP contribution in [0.1, 0.15) is 11.3 Å². The molecule has 0 fully saturated rings. The van der Waals surface area contributed by atoms with Crippen LogP contribution in [0, 0.1) is 0 Å². The lowest BCUT2D eigenvalue weighted by atomic mass is 10.1. The van der Waals surface area contributed by atoms with E-state index in [-0.39, 0.29) is 17.2 Å². The van der Waals surface area contributed by atoms with Crippen molar-refractivity contribution in [3.8, 4) is 0 Å². The monoisotopic (exact) mass is 415 g/mol. The Morgan fingerprint density at radius 3 is 2.46 bits per heavy atom. The van der Waals surface area contributed by atoms with Crippen LogP contribution in [0.15, 0.2) is 64.9 Å². The molecule has 8 heteroatoms. The molecule has 1 heterocycles.